The summed E-state index contributed by atoms with van der Waals surface area (Å²) in [5.41, 5.74) is 3.03. The zero-order valence-corrected chi connectivity index (χ0v) is 20.4. The van der Waals surface area contributed by atoms with Crippen molar-refractivity contribution in [1.82, 2.24) is 4.98 Å². The summed E-state index contributed by atoms with van der Waals surface area (Å²) < 4.78 is 0. The number of amides is 1. The average Bonchev–Trinajstić information content (AvgIpc) is 3.23. The Bertz CT molecular complexity index is 1500. The van der Waals surface area contributed by atoms with E-state index in [1.807, 2.05) is 60.7 Å². The van der Waals surface area contributed by atoms with Gasteiger partial charge < -0.3 is 10.0 Å². The Morgan fingerprint density at radius 2 is 1.46 bits per heavy atom. The largest absolute Gasteiger partial charge is 0.507 e. The lowest BCUT2D eigenvalue weighted by Crippen LogP contribution is -2.30. The number of fused-ring (bicyclic) bond motifs is 1. The molecule has 1 atom stereocenters. The van der Waals surface area contributed by atoms with E-state index in [1.165, 1.54) is 24.2 Å². The molecule has 3 heterocycles. The van der Waals surface area contributed by atoms with Crippen LogP contribution in [0.5, 0.6) is 0 Å². The summed E-state index contributed by atoms with van der Waals surface area (Å²) in [5.74, 6) is -1.54. The Balaban J connectivity index is 1.48. The first-order valence-corrected chi connectivity index (χ1v) is 12.7. The molecule has 184 valence electrons. The molecule has 2 fully saturated rings. The molecule has 0 saturated carbocycles. The smallest absolute Gasteiger partial charge is 0.300 e. The first-order chi connectivity index (χ1) is 18.1. The van der Waals surface area contributed by atoms with Crippen molar-refractivity contribution in [2.45, 2.75) is 25.3 Å². The van der Waals surface area contributed by atoms with E-state index >= 15 is 0 Å². The number of aliphatic hydroxyl groups is 1. The fourth-order valence-corrected chi connectivity index (χ4v) is 5.51. The van der Waals surface area contributed by atoms with Gasteiger partial charge in [-0.3, -0.25) is 19.5 Å². The van der Waals surface area contributed by atoms with Gasteiger partial charge in [-0.25, -0.2) is 0 Å². The van der Waals surface area contributed by atoms with Crippen LogP contribution in [0.2, 0.25) is 0 Å². The van der Waals surface area contributed by atoms with Crippen molar-refractivity contribution < 1.29 is 14.7 Å². The predicted molar refractivity (Wildman–Crippen MR) is 145 cm³/mol. The Morgan fingerprint density at radius 3 is 2.22 bits per heavy atom. The third-order valence-corrected chi connectivity index (χ3v) is 7.36. The minimum atomic E-state index is -0.775. The third kappa shape index (κ3) is 4.04. The molecule has 3 aromatic carbocycles. The van der Waals surface area contributed by atoms with Crippen LogP contribution in [0.25, 0.3) is 16.5 Å². The molecule has 6 heteroatoms. The van der Waals surface area contributed by atoms with E-state index in [2.05, 4.69) is 9.88 Å². The van der Waals surface area contributed by atoms with Crippen molar-refractivity contribution >= 4 is 39.6 Å². The van der Waals surface area contributed by atoms with Crippen LogP contribution in [-0.4, -0.2) is 34.9 Å². The number of rotatable bonds is 4. The second-order valence-electron chi connectivity index (χ2n) is 9.54. The van der Waals surface area contributed by atoms with Gasteiger partial charge in [-0.15, -0.1) is 0 Å². The number of aliphatic hydroxyl groups excluding tert-OH is 1. The van der Waals surface area contributed by atoms with Crippen molar-refractivity contribution in [2.24, 2.45) is 0 Å². The van der Waals surface area contributed by atoms with Gasteiger partial charge in [0.05, 0.1) is 11.6 Å². The highest BCUT2D eigenvalue weighted by molar-refractivity contribution is 6.51. The number of pyridine rings is 1. The van der Waals surface area contributed by atoms with E-state index in [4.69, 9.17) is 0 Å². The molecule has 2 aliphatic rings. The highest BCUT2D eigenvalue weighted by Gasteiger charge is 2.47. The van der Waals surface area contributed by atoms with Gasteiger partial charge >= 0.3 is 0 Å². The van der Waals surface area contributed by atoms with Crippen molar-refractivity contribution in [2.75, 3.05) is 22.9 Å². The standard InChI is InChI=1S/C31H27N3O3/c35-29(26-10-6-8-21-7-2-3-9-25(21)26)27-28(22-15-17-32-18-16-22)34(31(37)30(27)36)24-13-11-23(12-14-24)33-19-4-1-5-20-33/h2-3,6-18,28,35H,1,4-5,19-20H2/b29-27-. The maximum absolute atomic E-state index is 13.5. The summed E-state index contributed by atoms with van der Waals surface area (Å²) in [6, 6.07) is 23.8. The van der Waals surface area contributed by atoms with Gasteiger partial charge in [0, 0.05) is 42.4 Å². The van der Waals surface area contributed by atoms with Crippen LogP contribution in [-0.2, 0) is 9.59 Å². The third-order valence-electron chi connectivity index (χ3n) is 7.36. The fraction of sp³-hybridized carbons (Fsp3) is 0.194. The monoisotopic (exact) mass is 489 g/mol. The molecular formula is C31H27N3O3. The summed E-state index contributed by atoms with van der Waals surface area (Å²) >= 11 is 0. The maximum atomic E-state index is 13.5. The van der Waals surface area contributed by atoms with Crippen LogP contribution in [0.15, 0.2) is 96.8 Å². The Labute approximate surface area is 215 Å². The van der Waals surface area contributed by atoms with Crippen LogP contribution in [0.3, 0.4) is 0 Å². The Kier molecular flexibility index (Phi) is 5.93. The molecule has 2 aliphatic heterocycles. The molecule has 1 N–H and O–H groups in total. The molecule has 6 nitrogen and oxygen atoms in total. The van der Waals surface area contributed by atoms with Crippen LogP contribution < -0.4 is 9.80 Å². The number of benzene rings is 3. The Morgan fingerprint density at radius 1 is 0.784 bits per heavy atom. The molecule has 0 bridgehead atoms. The molecule has 37 heavy (non-hydrogen) atoms. The lowest BCUT2D eigenvalue weighted by molar-refractivity contribution is -0.132. The van der Waals surface area contributed by atoms with E-state index in [9.17, 15) is 14.7 Å². The van der Waals surface area contributed by atoms with Crippen molar-refractivity contribution in [3.05, 3.63) is 108 Å². The van der Waals surface area contributed by atoms with Crippen LogP contribution in [0, 0.1) is 0 Å². The highest BCUT2D eigenvalue weighted by Crippen LogP contribution is 2.43. The second-order valence-corrected chi connectivity index (χ2v) is 9.54. The normalized spacial score (nSPS) is 19.5. The molecule has 2 saturated heterocycles. The zero-order valence-electron chi connectivity index (χ0n) is 20.4. The van der Waals surface area contributed by atoms with Crippen LogP contribution in [0.4, 0.5) is 11.4 Å². The first-order valence-electron chi connectivity index (χ1n) is 12.7. The lowest BCUT2D eigenvalue weighted by Gasteiger charge is -2.30. The molecule has 1 aromatic heterocycles. The maximum Gasteiger partial charge on any atom is 0.300 e. The van der Waals surface area contributed by atoms with Gasteiger partial charge in [0.1, 0.15) is 5.76 Å². The van der Waals surface area contributed by atoms with E-state index in [0.29, 0.717) is 16.8 Å². The number of piperidine rings is 1. The Hall–Kier alpha value is -4.45. The number of hydrogen-bond donors (Lipinski definition) is 1. The van der Waals surface area contributed by atoms with E-state index in [1.54, 1.807) is 30.6 Å². The second kappa shape index (κ2) is 9.54. The number of carbonyl (C=O) groups is 2. The van der Waals surface area contributed by atoms with Crippen LogP contribution >= 0.6 is 0 Å². The summed E-state index contributed by atoms with van der Waals surface area (Å²) in [6.45, 7) is 2.04. The number of aromatic nitrogens is 1. The van der Waals surface area contributed by atoms with Crippen molar-refractivity contribution in [3.8, 4) is 0 Å². The molecule has 6 rings (SSSR count). The van der Waals surface area contributed by atoms with Gasteiger partial charge in [0.25, 0.3) is 11.7 Å². The summed E-state index contributed by atoms with van der Waals surface area (Å²) in [4.78, 5) is 35.0. The number of ketones is 1. The minimum Gasteiger partial charge on any atom is -0.507 e. The van der Waals surface area contributed by atoms with E-state index in [-0.39, 0.29) is 11.3 Å². The van der Waals surface area contributed by atoms with Gasteiger partial charge in [-0.2, -0.15) is 0 Å². The SMILES string of the molecule is O=C1C(=O)N(c2ccc(N3CCCCC3)cc2)C(c2ccncc2)/C1=C(/O)c1cccc2ccccc12. The summed E-state index contributed by atoms with van der Waals surface area (Å²) in [6.07, 6.45) is 6.86. The molecule has 0 radical (unpaired) electrons. The molecule has 0 aliphatic carbocycles. The van der Waals surface area contributed by atoms with Gasteiger partial charge in [0.2, 0.25) is 0 Å². The topological polar surface area (TPSA) is 73.7 Å². The number of nitrogens with zero attached hydrogens (tertiary/aromatic N) is 3. The van der Waals surface area contributed by atoms with Crippen molar-refractivity contribution in [3.63, 3.8) is 0 Å². The highest BCUT2D eigenvalue weighted by atomic mass is 16.3. The first kappa shape index (κ1) is 23.0. The fourth-order valence-electron chi connectivity index (χ4n) is 5.51. The predicted octanol–water partition coefficient (Wildman–Crippen LogP) is 5.85. The molecule has 0 spiro atoms. The number of anilines is 2. The summed E-state index contributed by atoms with van der Waals surface area (Å²) in [5, 5.41) is 13.3. The van der Waals surface area contributed by atoms with Crippen LogP contribution in [0.1, 0.15) is 36.4 Å². The van der Waals surface area contributed by atoms with Gasteiger partial charge in [0.15, 0.2) is 0 Å². The average molecular weight is 490 g/mol. The van der Waals surface area contributed by atoms with E-state index in [0.717, 1.165) is 29.5 Å². The minimum absolute atomic E-state index is 0.0765. The molecular weight excluding hydrogens is 462 g/mol. The summed E-state index contributed by atoms with van der Waals surface area (Å²) in [7, 11) is 0. The van der Waals surface area contributed by atoms with E-state index < -0.39 is 17.7 Å². The number of hydrogen-bond acceptors (Lipinski definition) is 5. The molecule has 1 amide bonds. The molecule has 4 aromatic rings. The number of Topliss-reactive ketones (excluding diaryl/α,β-unsaturated/α-hetero) is 1. The lowest BCUT2D eigenvalue weighted by atomic mass is 9.93. The quantitative estimate of drug-likeness (QED) is 0.221. The number of carbonyl (C=O) groups excluding carboxylic acids is 2. The zero-order chi connectivity index (χ0) is 25.4. The van der Waals surface area contributed by atoms with Gasteiger partial charge in [-0.1, -0.05) is 42.5 Å². The van der Waals surface area contributed by atoms with Gasteiger partial charge in [-0.05, 0) is 72.0 Å². The van der Waals surface area contributed by atoms with Crippen molar-refractivity contribution in [1.29, 1.82) is 0 Å². The molecule has 1 unspecified atom stereocenters.